The van der Waals surface area contributed by atoms with E-state index in [0.717, 1.165) is 5.56 Å². The Morgan fingerprint density at radius 3 is 2.58 bits per heavy atom. The smallest absolute Gasteiger partial charge is 0.408 e. The van der Waals surface area contributed by atoms with Crippen molar-refractivity contribution in [1.29, 1.82) is 0 Å². The van der Waals surface area contributed by atoms with E-state index < -0.39 is 24.2 Å². The molecule has 24 heavy (non-hydrogen) atoms. The van der Waals surface area contributed by atoms with Crippen LogP contribution in [0.4, 0.5) is 4.79 Å². The maximum absolute atomic E-state index is 11.8. The largest absolute Gasteiger partial charge is 0.480 e. The molecule has 0 unspecified atom stereocenters. The van der Waals surface area contributed by atoms with Crippen molar-refractivity contribution in [2.75, 3.05) is 0 Å². The predicted molar refractivity (Wildman–Crippen MR) is 88.1 cm³/mol. The Balaban J connectivity index is 2.00. The lowest BCUT2D eigenvalue weighted by atomic mass is 10.0. The number of alkyl carbamates (subject to hydrolysis) is 1. The minimum Gasteiger partial charge on any atom is -0.480 e. The van der Waals surface area contributed by atoms with Gasteiger partial charge in [0, 0.05) is 22.4 Å². The third-order valence-corrected chi connectivity index (χ3v) is 3.57. The first-order valence-corrected chi connectivity index (χ1v) is 7.75. The SMILES string of the molecule is O=C(N[C@@H](C(=O)O)[C@@H](O)c1cncc(Br)c1)OCc1ccccc1. The van der Waals surface area contributed by atoms with Crippen molar-refractivity contribution in [3.05, 3.63) is 64.4 Å². The molecule has 0 aliphatic rings. The lowest BCUT2D eigenvalue weighted by Crippen LogP contribution is -2.45. The fraction of sp³-hybridized carbons (Fsp3) is 0.188. The first-order chi connectivity index (χ1) is 11.5. The predicted octanol–water partition coefficient (Wildman–Crippen LogP) is 2.26. The summed E-state index contributed by atoms with van der Waals surface area (Å²) in [6, 6.07) is 8.90. The van der Waals surface area contributed by atoms with Gasteiger partial charge in [-0.05, 0) is 27.6 Å². The van der Waals surface area contributed by atoms with Crippen LogP contribution >= 0.6 is 15.9 Å². The number of benzene rings is 1. The zero-order valence-electron chi connectivity index (χ0n) is 12.4. The van der Waals surface area contributed by atoms with Crippen LogP contribution in [0.25, 0.3) is 0 Å². The minimum absolute atomic E-state index is 0.00640. The van der Waals surface area contributed by atoms with Crippen LogP contribution in [0.5, 0.6) is 0 Å². The number of hydrogen-bond acceptors (Lipinski definition) is 5. The molecule has 0 radical (unpaired) electrons. The Hall–Kier alpha value is -2.45. The van der Waals surface area contributed by atoms with Crippen LogP contribution in [0.3, 0.4) is 0 Å². The third kappa shape index (κ3) is 5.04. The molecule has 0 aliphatic heterocycles. The second-order valence-electron chi connectivity index (χ2n) is 4.90. The van der Waals surface area contributed by atoms with E-state index in [1.54, 1.807) is 24.3 Å². The number of ether oxygens (including phenoxy) is 1. The Morgan fingerprint density at radius 1 is 1.25 bits per heavy atom. The van der Waals surface area contributed by atoms with E-state index in [1.165, 1.54) is 18.5 Å². The van der Waals surface area contributed by atoms with E-state index in [2.05, 4.69) is 26.2 Å². The van der Waals surface area contributed by atoms with Crippen LogP contribution in [-0.4, -0.2) is 33.3 Å². The summed E-state index contributed by atoms with van der Waals surface area (Å²) in [7, 11) is 0. The van der Waals surface area contributed by atoms with Gasteiger partial charge in [-0.3, -0.25) is 4.98 Å². The van der Waals surface area contributed by atoms with E-state index in [0.29, 0.717) is 4.47 Å². The number of nitrogens with zero attached hydrogens (tertiary/aromatic N) is 1. The first-order valence-electron chi connectivity index (χ1n) is 6.96. The molecule has 1 aromatic carbocycles. The Bertz CT molecular complexity index is 711. The number of rotatable bonds is 6. The van der Waals surface area contributed by atoms with E-state index in [-0.39, 0.29) is 12.2 Å². The Labute approximate surface area is 146 Å². The van der Waals surface area contributed by atoms with Crippen LogP contribution in [0, 0.1) is 0 Å². The number of aliphatic hydroxyl groups excluding tert-OH is 1. The second-order valence-corrected chi connectivity index (χ2v) is 5.82. The molecular formula is C16H15BrN2O5. The van der Waals surface area contributed by atoms with Gasteiger partial charge in [0.25, 0.3) is 0 Å². The Kier molecular flexibility index (Phi) is 6.28. The number of hydrogen-bond donors (Lipinski definition) is 3. The highest BCUT2D eigenvalue weighted by Gasteiger charge is 2.30. The quantitative estimate of drug-likeness (QED) is 0.693. The number of aromatic nitrogens is 1. The average Bonchev–Trinajstić information content (AvgIpc) is 2.58. The van der Waals surface area contributed by atoms with E-state index in [4.69, 9.17) is 4.74 Å². The molecule has 1 heterocycles. The van der Waals surface area contributed by atoms with Gasteiger partial charge < -0.3 is 20.3 Å². The second kappa shape index (κ2) is 8.42. The summed E-state index contributed by atoms with van der Waals surface area (Å²) >= 11 is 3.19. The van der Waals surface area contributed by atoms with Crippen LogP contribution in [-0.2, 0) is 16.1 Å². The van der Waals surface area contributed by atoms with E-state index >= 15 is 0 Å². The number of carbonyl (C=O) groups excluding carboxylic acids is 1. The molecule has 2 aromatic rings. The molecule has 0 saturated heterocycles. The van der Waals surface area contributed by atoms with Crippen molar-refractivity contribution >= 4 is 28.0 Å². The van der Waals surface area contributed by atoms with Gasteiger partial charge in [-0.25, -0.2) is 9.59 Å². The normalized spacial score (nSPS) is 12.9. The number of aliphatic carboxylic acids is 1. The van der Waals surface area contributed by atoms with Crippen LogP contribution < -0.4 is 5.32 Å². The van der Waals surface area contributed by atoms with Gasteiger partial charge in [0.15, 0.2) is 6.04 Å². The molecule has 0 saturated carbocycles. The number of halogens is 1. The average molecular weight is 395 g/mol. The van der Waals surface area contributed by atoms with Gasteiger partial charge >= 0.3 is 12.1 Å². The molecule has 126 valence electrons. The molecule has 1 amide bonds. The molecule has 0 aliphatic carbocycles. The summed E-state index contributed by atoms with van der Waals surface area (Å²) in [5.74, 6) is -1.39. The third-order valence-electron chi connectivity index (χ3n) is 3.14. The van der Waals surface area contributed by atoms with Crippen molar-refractivity contribution in [3.8, 4) is 0 Å². The van der Waals surface area contributed by atoms with Gasteiger partial charge in [0.1, 0.15) is 12.7 Å². The van der Waals surface area contributed by atoms with Crippen molar-refractivity contribution in [2.45, 2.75) is 18.8 Å². The van der Waals surface area contributed by atoms with Gasteiger partial charge in [-0.15, -0.1) is 0 Å². The molecule has 8 heteroatoms. The highest BCUT2D eigenvalue weighted by Crippen LogP contribution is 2.20. The van der Waals surface area contributed by atoms with Crippen LogP contribution in [0.15, 0.2) is 53.3 Å². The van der Waals surface area contributed by atoms with Crippen molar-refractivity contribution in [2.24, 2.45) is 0 Å². The fourth-order valence-corrected chi connectivity index (χ4v) is 2.33. The highest BCUT2D eigenvalue weighted by molar-refractivity contribution is 9.10. The van der Waals surface area contributed by atoms with Crippen LogP contribution in [0.1, 0.15) is 17.2 Å². The summed E-state index contributed by atoms with van der Waals surface area (Å²) < 4.78 is 5.55. The lowest BCUT2D eigenvalue weighted by molar-refractivity contribution is -0.142. The summed E-state index contributed by atoms with van der Waals surface area (Å²) in [5.41, 5.74) is 1.01. The van der Waals surface area contributed by atoms with E-state index in [9.17, 15) is 19.8 Å². The lowest BCUT2D eigenvalue weighted by Gasteiger charge is -2.20. The van der Waals surface area contributed by atoms with Gasteiger partial charge in [0.2, 0.25) is 0 Å². The molecular weight excluding hydrogens is 380 g/mol. The molecule has 0 fully saturated rings. The van der Waals surface area contributed by atoms with Crippen LogP contribution in [0.2, 0.25) is 0 Å². The number of aliphatic hydroxyl groups is 1. The highest BCUT2D eigenvalue weighted by atomic mass is 79.9. The molecule has 0 bridgehead atoms. The van der Waals surface area contributed by atoms with Gasteiger partial charge in [-0.2, -0.15) is 0 Å². The zero-order chi connectivity index (χ0) is 17.5. The van der Waals surface area contributed by atoms with E-state index in [1.807, 2.05) is 6.07 Å². The summed E-state index contributed by atoms with van der Waals surface area (Å²) in [6.45, 7) is -0.00640. The summed E-state index contributed by atoms with van der Waals surface area (Å²) in [4.78, 5) is 27.0. The van der Waals surface area contributed by atoms with Gasteiger partial charge in [0.05, 0.1) is 0 Å². The number of pyridine rings is 1. The number of carboxylic acids is 1. The standard InChI is InChI=1S/C16H15BrN2O5/c17-12-6-11(7-18-8-12)14(20)13(15(21)22)19-16(23)24-9-10-4-2-1-3-5-10/h1-8,13-14,20H,9H2,(H,19,23)(H,21,22)/t13-,14+/m1/s1. The molecule has 2 atom stereocenters. The van der Waals surface area contributed by atoms with Crippen molar-refractivity contribution in [1.82, 2.24) is 10.3 Å². The molecule has 2 rings (SSSR count). The first kappa shape index (κ1) is 17.9. The topological polar surface area (TPSA) is 109 Å². The maximum Gasteiger partial charge on any atom is 0.408 e. The molecule has 3 N–H and O–H groups in total. The molecule has 1 aromatic heterocycles. The monoisotopic (exact) mass is 394 g/mol. The summed E-state index contributed by atoms with van der Waals surface area (Å²) in [6.07, 6.45) is 0.403. The molecule has 7 nitrogen and oxygen atoms in total. The number of carboxylic acid groups (broad SMARTS) is 1. The number of carbonyl (C=O) groups is 2. The van der Waals surface area contributed by atoms with Gasteiger partial charge in [-0.1, -0.05) is 30.3 Å². The fourth-order valence-electron chi connectivity index (χ4n) is 1.95. The maximum atomic E-state index is 11.8. The molecule has 0 spiro atoms. The zero-order valence-corrected chi connectivity index (χ0v) is 14.0. The van der Waals surface area contributed by atoms with Crippen molar-refractivity contribution < 1.29 is 24.5 Å². The minimum atomic E-state index is -1.57. The Morgan fingerprint density at radius 2 is 1.96 bits per heavy atom. The van der Waals surface area contributed by atoms with Crippen molar-refractivity contribution in [3.63, 3.8) is 0 Å². The number of amides is 1. The number of nitrogens with one attached hydrogen (secondary N) is 1. The summed E-state index contributed by atoms with van der Waals surface area (Å²) in [5, 5.41) is 21.6.